The number of aromatic nitrogens is 1. The Kier molecular flexibility index (Phi) is 10.1. The molecule has 0 spiro atoms. The third kappa shape index (κ3) is 7.68. The molecule has 3 aliphatic rings. The summed E-state index contributed by atoms with van der Waals surface area (Å²) in [4.78, 5) is 47.8. The van der Waals surface area contributed by atoms with Crippen molar-refractivity contribution in [1.29, 1.82) is 0 Å². The zero-order valence-electron chi connectivity index (χ0n) is 28.1. The molecular weight excluding hydrogens is 823 g/mol. The largest absolute Gasteiger partial charge is 0.494 e. The number of benzene rings is 2. The number of halogens is 4. The van der Waals surface area contributed by atoms with Crippen molar-refractivity contribution in [3.05, 3.63) is 59.3 Å². The van der Waals surface area contributed by atoms with Crippen LogP contribution in [0.5, 0.6) is 11.6 Å². The van der Waals surface area contributed by atoms with E-state index in [0.29, 0.717) is 34.4 Å². The van der Waals surface area contributed by atoms with E-state index >= 15 is 0 Å². The maximum absolute atomic E-state index is 14.5. The number of alkyl halides is 1. The standard InChI is InChI=1S/C34H37ClF2IN5O7S/c1-33(2,3)28(40-18-6-10-23(36)24(37)12-18)31(45)43-16-19(50-30-22-11-17(35)5-9-21(22)26(49-4)15-39-30)13-25(43)29(44)41-34(14-27(34)38)32(46)42-51(47,48)20-7-8-20/h5-6,9-12,15,19-20,25,27-28,40H,7-8,13-14,16H2,1-4H3,(H,41,44)(H,42,46)/t19-,25+,27-,28?,34-/m1/s1. The Morgan fingerprint density at radius 3 is 2.41 bits per heavy atom. The molecule has 1 saturated heterocycles. The van der Waals surface area contributed by atoms with Crippen LogP contribution in [0.3, 0.4) is 0 Å². The first-order valence-corrected chi connectivity index (χ1v) is 19.4. The lowest BCUT2D eigenvalue weighted by Gasteiger charge is -2.36. The number of amides is 3. The Labute approximate surface area is 312 Å². The van der Waals surface area contributed by atoms with Crippen molar-refractivity contribution >= 4 is 78.4 Å². The number of carbonyl (C=O) groups is 3. The van der Waals surface area contributed by atoms with Crippen LogP contribution in [0.2, 0.25) is 5.02 Å². The van der Waals surface area contributed by atoms with E-state index in [4.69, 9.17) is 21.1 Å². The van der Waals surface area contributed by atoms with Gasteiger partial charge in [0.05, 0.1) is 25.1 Å². The number of methoxy groups -OCH3 is 1. The van der Waals surface area contributed by atoms with Crippen molar-refractivity contribution in [3.8, 4) is 11.6 Å². The zero-order valence-corrected chi connectivity index (χ0v) is 31.9. The van der Waals surface area contributed by atoms with Crippen LogP contribution in [-0.4, -0.2) is 82.6 Å². The molecule has 51 heavy (non-hydrogen) atoms. The molecule has 12 nitrogen and oxygen atoms in total. The Balaban J connectivity index is 1.31. The van der Waals surface area contributed by atoms with Gasteiger partial charge in [0.1, 0.15) is 29.5 Å². The van der Waals surface area contributed by atoms with E-state index in [1.54, 1.807) is 39.0 Å². The maximum atomic E-state index is 14.5. The minimum Gasteiger partial charge on any atom is -0.494 e. The summed E-state index contributed by atoms with van der Waals surface area (Å²) in [5.74, 6) is -3.52. The molecular formula is C34H37ClF2IN5O7S. The van der Waals surface area contributed by atoms with Gasteiger partial charge in [-0.15, -0.1) is 0 Å². The second-order valence-electron chi connectivity index (χ2n) is 14.2. The molecule has 274 valence electrons. The second kappa shape index (κ2) is 13.8. The Hall–Kier alpha value is -3.51. The lowest BCUT2D eigenvalue weighted by molar-refractivity contribution is -0.141. The molecule has 2 heterocycles. The van der Waals surface area contributed by atoms with Crippen LogP contribution in [0.1, 0.15) is 46.5 Å². The Bertz CT molecular complexity index is 2010. The first kappa shape index (κ1) is 37.3. The van der Waals surface area contributed by atoms with E-state index in [9.17, 15) is 31.6 Å². The van der Waals surface area contributed by atoms with E-state index in [1.807, 2.05) is 22.6 Å². The monoisotopic (exact) mass is 859 g/mol. The number of fused-ring (bicyclic) bond motifs is 1. The van der Waals surface area contributed by atoms with Crippen LogP contribution in [0.15, 0.2) is 42.6 Å². The topological polar surface area (TPSA) is 156 Å². The molecule has 17 heteroatoms. The normalized spacial score (nSPS) is 23.8. The minimum absolute atomic E-state index is 0.0145. The number of ether oxygens (including phenoxy) is 2. The SMILES string of the molecule is COc1cnc(O[C@@H]2C[C@@H](C(=O)N[C@]3(C(=O)NS(=O)(=O)C4CC4)C[C@H]3I)N(C(=O)C(Nc3ccc(F)c(F)c3)C(C)(C)C)C2)c2cc(Cl)ccc12. The summed E-state index contributed by atoms with van der Waals surface area (Å²) in [5, 5.41) is 6.78. The first-order valence-electron chi connectivity index (χ1n) is 16.3. The molecule has 3 aromatic rings. The zero-order chi connectivity index (χ0) is 37.0. The lowest BCUT2D eigenvalue weighted by Crippen LogP contribution is -2.58. The molecule has 3 N–H and O–H groups in total. The number of sulfonamides is 1. The number of rotatable bonds is 11. The summed E-state index contributed by atoms with van der Waals surface area (Å²) in [6.45, 7) is 5.26. The van der Waals surface area contributed by atoms with Gasteiger partial charge < -0.3 is 25.0 Å². The third-order valence-electron chi connectivity index (χ3n) is 9.29. The molecule has 2 aromatic carbocycles. The van der Waals surface area contributed by atoms with Crippen LogP contribution < -0.4 is 24.8 Å². The van der Waals surface area contributed by atoms with Gasteiger partial charge in [-0.2, -0.15) is 0 Å². The number of pyridine rings is 1. The van der Waals surface area contributed by atoms with Crippen LogP contribution in [0, 0.1) is 17.0 Å². The number of nitrogens with one attached hydrogen (secondary N) is 3. The summed E-state index contributed by atoms with van der Waals surface area (Å²) < 4.78 is 66.7. The number of hydrogen-bond acceptors (Lipinski definition) is 9. The average Bonchev–Trinajstić information content (AvgIpc) is 3.98. The Morgan fingerprint density at radius 1 is 1.10 bits per heavy atom. The van der Waals surface area contributed by atoms with Crippen LogP contribution in [0.4, 0.5) is 14.5 Å². The summed E-state index contributed by atoms with van der Waals surface area (Å²) in [6.07, 6.45) is 1.80. The molecule has 1 aliphatic heterocycles. The summed E-state index contributed by atoms with van der Waals surface area (Å²) in [5.41, 5.74) is -2.14. The highest BCUT2D eigenvalue weighted by Crippen LogP contribution is 2.45. The van der Waals surface area contributed by atoms with Gasteiger partial charge in [0.2, 0.25) is 27.7 Å². The van der Waals surface area contributed by atoms with Crippen LogP contribution in [0.25, 0.3) is 10.8 Å². The summed E-state index contributed by atoms with van der Waals surface area (Å²) >= 11 is 8.29. The molecule has 2 aliphatic carbocycles. The van der Waals surface area contributed by atoms with Crippen LogP contribution in [-0.2, 0) is 24.4 Å². The van der Waals surface area contributed by atoms with Gasteiger partial charge in [-0.3, -0.25) is 19.1 Å². The number of likely N-dealkylation sites (tertiary alicyclic amines) is 1. The highest BCUT2D eigenvalue weighted by Gasteiger charge is 2.62. The van der Waals surface area contributed by atoms with E-state index in [-0.39, 0.29) is 31.0 Å². The fourth-order valence-electron chi connectivity index (χ4n) is 6.15. The molecule has 5 atom stereocenters. The van der Waals surface area contributed by atoms with Crippen LogP contribution >= 0.6 is 34.2 Å². The third-order valence-corrected chi connectivity index (χ3v) is 12.8. The van der Waals surface area contributed by atoms with Gasteiger partial charge in [-0.1, -0.05) is 55.0 Å². The average molecular weight is 860 g/mol. The summed E-state index contributed by atoms with van der Waals surface area (Å²) in [6, 6.07) is 6.11. The number of nitrogens with zero attached hydrogens (tertiary/aromatic N) is 2. The quantitative estimate of drug-likeness (QED) is 0.184. The second-order valence-corrected chi connectivity index (χ2v) is 18.1. The fourth-order valence-corrected chi connectivity index (χ4v) is 8.82. The van der Waals surface area contributed by atoms with E-state index in [1.165, 1.54) is 24.3 Å². The molecule has 1 unspecified atom stereocenters. The minimum atomic E-state index is -3.89. The molecule has 1 aromatic heterocycles. The van der Waals surface area contributed by atoms with Gasteiger partial charge in [-0.05, 0) is 55.0 Å². The highest BCUT2D eigenvalue weighted by molar-refractivity contribution is 14.1. The van der Waals surface area contributed by atoms with Gasteiger partial charge in [-0.25, -0.2) is 22.2 Å². The van der Waals surface area contributed by atoms with Crippen molar-refractivity contribution in [2.24, 2.45) is 5.41 Å². The molecule has 3 amide bonds. The van der Waals surface area contributed by atoms with E-state index < -0.39 is 77.7 Å². The van der Waals surface area contributed by atoms with Crippen molar-refractivity contribution in [3.63, 3.8) is 0 Å². The summed E-state index contributed by atoms with van der Waals surface area (Å²) in [7, 11) is -2.38. The molecule has 2 saturated carbocycles. The van der Waals surface area contributed by atoms with Gasteiger partial charge in [0.25, 0.3) is 5.91 Å². The predicted molar refractivity (Wildman–Crippen MR) is 194 cm³/mol. The lowest BCUT2D eigenvalue weighted by atomic mass is 9.85. The number of carbonyl (C=O) groups excluding carboxylic acids is 3. The van der Waals surface area contributed by atoms with Crippen molar-refractivity contribution in [1.82, 2.24) is 19.9 Å². The Morgan fingerprint density at radius 2 is 1.80 bits per heavy atom. The van der Waals surface area contributed by atoms with Gasteiger partial charge >= 0.3 is 0 Å². The highest BCUT2D eigenvalue weighted by atomic mass is 127. The van der Waals surface area contributed by atoms with Gasteiger partial charge in [0, 0.05) is 37.9 Å². The molecule has 6 rings (SSSR count). The van der Waals surface area contributed by atoms with Crippen molar-refractivity contribution < 1.29 is 41.1 Å². The van der Waals surface area contributed by atoms with Crippen molar-refractivity contribution in [2.75, 3.05) is 19.0 Å². The fraction of sp³-hybridized carbons (Fsp3) is 0.471. The first-order chi connectivity index (χ1) is 23.9. The smallest absolute Gasteiger partial charge is 0.260 e. The van der Waals surface area contributed by atoms with Gasteiger partial charge in [0.15, 0.2) is 11.6 Å². The maximum Gasteiger partial charge on any atom is 0.260 e. The molecule has 0 radical (unpaired) electrons. The predicted octanol–water partition coefficient (Wildman–Crippen LogP) is 4.72. The number of hydrogen-bond donors (Lipinski definition) is 3. The molecule has 3 fully saturated rings. The number of anilines is 1. The van der Waals surface area contributed by atoms with E-state index in [2.05, 4.69) is 20.3 Å². The van der Waals surface area contributed by atoms with E-state index in [0.717, 1.165) is 12.1 Å². The molecule has 0 bridgehead atoms. The van der Waals surface area contributed by atoms with Crippen molar-refractivity contribution in [2.45, 2.75) is 79.4 Å².